The molecule has 1 fully saturated rings. The molecule has 0 bridgehead atoms. The third-order valence-electron chi connectivity index (χ3n) is 5.03. The lowest BCUT2D eigenvalue weighted by Crippen LogP contribution is -2.50. The summed E-state index contributed by atoms with van der Waals surface area (Å²) in [6, 6.07) is 14.3. The molecule has 2 aromatic rings. The number of hydrogen-bond acceptors (Lipinski definition) is 3. The Morgan fingerprint density at radius 3 is 2.74 bits per heavy atom. The summed E-state index contributed by atoms with van der Waals surface area (Å²) in [7, 11) is 0. The van der Waals surface area contributed by atoms with E-state index < -0.39 is 0 Å². The maximum atomic E-state index is 9.36. The fourth-order valence-electron chi connectivity index (χ4n) is 3.39. The van der Waals surface area contributed by atoms with E-state index in [0.717, 1.165) is 43.2 Å². The van der Waals surface area contributed by atoms with E-state index >= 15 is 0 Å². The number of ether oxygens (including phenoxy) is 1. The molecule has 0 saturated carbocycles. The van der Waals surface area contributed by atoms with Gasteiger partial charge in [0.1, 0.15) is 5.75 Å². The lowest BCUT2D eigenvalue weighted by Gasteiger charge is -2.35. The second kappa shape index (κ2) is 9.41. The van der Waals surface area contributed by atoms with Crippen molar-refractivity contribution in [3.05, 3.63) is 70.3 Å². The normalized spacial score (nSPS) is 15.6. The maximum absolute atomic E-state index is 9.36. The van der Waals surface area contributed by atoms with Crippen molar-refractivity contribution in [1.82, 2.24) is 4.90 Å². The van der Waals surface area contributed by atoms with Gasteiger partial charge in [0.2, 0.25) is 0 Å². The largest absolute Gasteiger partial charge is 0.494 e. The highest BCUT2D eigenvalue weighted by Gasteiger charge is 2.22. The zero-order valence-corrected chi connectivity index (χ0v) is 16.9. The molecule has 1 aliphatic heterocycles. The molecule has 3 nitrogen and oxygen atoms in total. The molecule has 0 atom stereocenters. The highest BCUT2D eigenvalue weighted by Crippen LogP contribution is 2.24. The van der Waals surface area contributed by atoms with Crippen LogP contribution in [0.3, 0.4) is 0 Å². The number of likely N-dealkylation sites (tertiary alicyclic amines) is 1. The number of rotatable bonds is 8. The van der Waals surface area contributed by atoms with Crippen molar-refractivity contribution in [1.29, 1.82) is 0 Å². The van der Waals surface area contributed by atoms with Crippen LogP contribution >= 0.6 is 11.6 Å². The van der Waals surface area contributed by atoms with E-state index in [9.17, 15) is 5.11 Å². The van der Waals surface area contributed by atoms with Crippen LogP contribution in [0.25, 0.3) is 5.57 Å². The fourth-order valence-corrected chi connectivity index (χ4v) is 3.62. The van der Waals surface area contributed by atoms with Crippen LogP contribution < -0.4 is 4.74 Å². The summed E-state index contributed by atoms with van der Waals surface area (Å²) in [6.07, 6.45) is 3.95. The first-order chi connectivity index (χ1) is 13.0. The lowest BCUT2D eigenvalue weighted by atomic mass is 10.0. The monoisotopic (exact) mass is 385 g/mol. The van der Waals surface area contributed by atoms with Crippen molar-refractivity contribution >= 4 is 17.2 Å². The average Bonchev–Trinajstić information content (AvgIpc) is 2.62. The number of allylic oxidation sites excluding steroid dienone is 1. The summed E-state index contributed by atoms with van der Waals surface area (Å²) in [4.78, 5) is 2.24. The zero-order chi connectivity index (χ0) is 19.2. The Hall–Kier alpha value is -1.81. The van der Waals surface area contributed by atoms with Crippen LogP contribution in [0, 0.1) is 6.92 Å². The van der Waals surface area contributed by atoms with Gasteiger partial charge in [0.05, 0.1) is 12.7 Å². The molecule has 4 heteroatoms. The quantitative estimate of drug-likeness (QED) is 0.666. The topological polar surface area (TPSA) is 32.7 Å². The average molecular weight is 386 g/mol. The van der Waals surface area contributed by atoms with Gasteiger partial charge in [0, 0.05) is 24.7 Å². The first-order valence-corrected chi connectivity index (χ1v) is 9.95. The fraction of sp³-hybridized carbons (Fsp3) is 0.391. The number of aliphatic hydroxyl groups is 1. The van der Waals surface area contributed by atoms with Crippen LogP contribution in [-0.4, -0.2) is 42.4 Å². The van der Waals surface area contributed by atoms with Gasteiger partial charge in [-0.05, 0) is 67.2 Å². The molecule has 2 aromatic carbocycles. The predicted molar refractivity (Wildman–Crippen MR) is 113 cm³/mol. The molecule has 27 heavy (non-hydrogen) atoms. The van der Waals surface area contributed by atoms with Gasteiger partial charge in [-0.1, -0.05) is 41.9 Å². The Kier molecular flexibility index (Phi) is 6.95. The predicted octanol–water partition coefficient (Wildman–Crippen LogP) is 4.74. The third kappa shape index (κ3) is 5.58. The number of β-amino-alcohol motifs (C(OH)–C–C–N with tert-alkyl or cyclic N) is 1. The van der Waals surface area contributed by atoms with Crippen molar-refractivity contribution in [3.63, 3.8) is 0 Å². The minimum Gasteiger partial charge on any atom is -0.494 e. The Balaban J connectivity index is 1.49. The molecular formula is C23H28ClNO2. The molecule has 1 saturated heterocycles. The molecule has 0 spiro atoms. The minimum absolute atomic E-state index is 0.144. The molecule has 3 rings (SSSR count). The van der Waals surface area contributed by atoms with Gasteiger partial charge in [-0.3, -0.25) is 4.90 Å². The zero-order valence-electron chi connectivity index (χ0n) is 16.1. The van der Waals surface area contributed by atoms with Gasteiger partial charge in [-0.25, -0.2) is 0 Å². The van der Waals surface area contributed by atoms with E-state index in [1.54, 1.807) is 0 Å². The molecular weight excluding hydrogens is 358 g/mol. The van der Waals surface area contributed by atoms with Gasteiger partial charge in [-0.2, -0.15) is 0 Å². The van der Waals surface area contributed by atoms with Crippen LogP contribution in [0.4, 0.5) is 0 Å². The van der Waals surface area contributed by atoms with E-state index in [2.05, 4.69) is 43.0 Å². The van der Waals surface area contributed by atoms with E-state index in [0.29, 0.717) is 6.61 Å². The van der Waals surface area contributed by atoms with Crippen LogP contribution in [0.15, 0.2) is 48.5 Å². The Morgan fingerprint density at radius 1 is 1.26 bits per heavy atom. The first-order valence-electron chi connectivity index (χ1n) is 9.57. The molecule has 1 N–H and O–H groups in total. The van der Waals surface area contributed by atoms with Crippen LogP contribution in [-0.2, 0) is 6.42 Å². The SMILES string of the molecule is C/C(=C/CN1CC(O)C1)c1ccc(OCCCc2ccccc2Cl)cc1C. The number of aliphatic hydroxyl groups excluding tert-OH is 1. The Morgan fingerprint density at radius 2 is 2.04 bits per heavy atom. The smallest absolute Gasteiger partial charge is 0.119 e. The van der Waals surface area contributed by atoms with E-state index in [1.165, 1.54) is 22.3 Å². The highest BCUT2D eigenvalue weighted by atomic mass is 35.5. The summed E-state index contributed by atoms with van der Waals surface area (Å²) in [5, 5.41) is 10.2. The standard InChI is InChI=1S/C23H28ClNO2/c1-17(11-12-25-15-20(26)16-25)22-10-9-21(14-18(22)2)27-13-5-7-19-6-3-4-8-23(19)24/h3-4,6,8-11,14,20,26H,5,7,12-13,15-16H2,1-2H3/b17-11-. The molecule has 0 amide bonds. The summed E-state index contributed by atoms with van der Waals surface area (Å²) in [5.41, 5.74) is 4.90. The van der Waals surface area contributed by atoms with Crippen LogP contribution in [0.5, 0.6) is 5.75 Å². The minimum atomic E-state index is -0.144. The molecule has 0 aromatic heterocycles. The molecule has 1 heterocycles. The van der Waals surface area contributed by atoms with Gasteiger partial charge >= 0.3 is 0 Å². The number of hydrogen-bond donors (Lipinski definition) is 1. The molecule has 1 aliphatic rings. The highest BCUT2D eigenvalue weighted by molar-refractivity contribution is 6.31. The number of benzene rings is 2. The van der Waals surface area contributed by atoms with E-state index in [4.69, 9.17) is 16.3 Å². The first kappa shape index (κ1) is 19.9. The van der Waals surface area contributed by atoms with Gasteiger partial charge in [0.15, 0.2) is 0 Å². The van der Waals surface area contributed by atoms with Crippen LogP contribution in [0.2, 0.25) is 5.02 Å². The van der Waals surface area contributed by atoms with Gasteiger partial charge < -0.3 is 9.84 Å². The molecule has 144 valence electrons. The van der Waals surface area contributed by atoms with Gasteiger partial charge in [0.25, 0.3) is 0 Å². The van der Waals surface area contributed by atoms with Crippen molar-refractivity contribution < 1.29 is 9.84 Å². The lowest BCUT2D eigenvalue weighted by molar-refractivity contribution is 0.00986. The second-order valence-electron chi connectivity index (χ2n) is 7.28. The van der Waals surface area contributed by atoms with Crippen molar-refractivity contribution in [2.75, 3.05) is 26.2 Å². The third-order valence-corrected chi connectivity index (χ3v) is 5.40. The van der Waals surface area contributed by atoms with E-state index in [-0.39, 0.29) is 6.10 Å². The summed E-state index contributed by atoms with van der Waals surface area (Å²) >= 11 is 6.19. The summed E-state index contributed by atoms with van der Waals surface area (Å²) in [5.74, 6) is 0.911. The van der Waals surface area contributed by atoms with Crippen molar-refractivity contribution in [3.8, 4) is 5.75 Å². The summed E-state index contributed by atoms with van der Waals surface area (Å²) in [6.45, 7) is 7.39. The molecule has 0 aliphatic carbocycles. The Labute approximate surface area is 167 Å². The summed E-state index contributed by atoms with van der Waals surface area (Å²) < 4.78 is 5.92. The van der Waals surface area contributed by atoms with Gasteiger partial charge in [-0.15, -0.1) is 0 Å². The molecule has 0 unspecified atom stereocenters. The number of aryl methyl sites for hydroxylation is 2. The van der Waals surface area contributed by atoms with Crippen molar-refractivity contribution in [2.45, 2.75) is 32.8 Å². The number of nitrogens with zero attached hydrogens (tertiary/aromatic N) is 1. The number of halogens is 1. The second-order valence-corrected chi connectivity index (χ2v) is 7.69. The van der Waals surface area contributed by atoms with Crippen LogP contribution in [0.1, 0.15) is 30.0 Å². The Bertz CT molecular complexity index is 797. The van der Waals surface area contributed by atoms with Crippen molar-refractivity contribution in [2.24, 2.45) is 0 Å². The molecule has 0 radical (unpaired) electrons. The maximum Gasteiger partial charge on any atom is 0.119 e. The van der Waals surface area contributed by atoms with E-state index in [1.807, 2.05) is 24.3 Å².